The van der Waals surface area contributed by atoms with Gasteiger partial charge in [0.05, 0.1) is 13.2 Å². The van der Waals surface area contributed by atoms with Gasteiger partial charge < -0.3 is 14.8 Å². The van der Waals surface area contributed by atoms with Crippen LogP contribution in [0.1, 0.15) is 32.6 Å². The molecule has 1 saturated heterocycles. The number of benzene rings is 1. The van der Waals surface area contributed by atoms with Crippen molar-refractivity contribution < 1.29 is 23.5 Å². The minimum Gasteiger partial charge on any atom is -0.444 e. The molecule has 2 aromatic rings. The van der Waals surface area contributed by atoms with E-state index in [2.05, 4.69) is 15.4 Å². The lowest BCUT2D eigenvalue weighted by Crippen LogP contribution is -2.46. The summed E-state index contributed by atoms with van der Waals surface area (Å²) in [4.78, 5) is 30.5. The number of anilines is 1. The highest BCUT2D eigenvalue weighted by Crippen LogP contribution is 2.23. The number of morpholine rings is 1. The summed E-state index contributed by atoms with van der Waals surface area (Å²) in [7, 11) is 0. The van der Waals surface area contributed by atoms with E-state index >= 15 is 0 Å². The zero-order valence-corrected chi connectivity index (χ0v) is 16.6. The second kappa shape index (κ2) is 8.56. The number of ether oxygens (including phenoxy) is 2. The molecule has 29 heavy (non-hydrogen) atoms. The number of carbonyl (C=O) groups excluding carboxylic acids is 2. The van der Waals surface area contributed by atoms with Crippen molar-refractivity contribution in [3.63, 3.8) is 0 Å². The Morgan fingerprint density at radius 3 is 2.72 bits per heavy atom. The summed E-state index contributed by atoms with van der Waals surface area (Å²) < 4.78 is 25.2. The Hall–Kier alpha value is -3.01. The molecule has 0 spiro atoms. The van der Waals surface area contributed by atoms with Crippen LogP contribution in [0.3, 0.4) is 0 Å². The highest BCUT2D eigenvalue weighted by Gasteiger charge is 2.34. The number of halogens is 1. The molecule has 0 bridgehead atoms. The van der Waals surface area contributed by atoms with Crippen LogP contribution in [0.15, 0.2) is 30.6 Å². The van der Waals surface area contributed by atoms with Crippen LogP contribution in [0, 0.1) is 5.82 Å². The molecule has 3 rings (SSSR count). The normalized spacial score (nSPS) is 17.1. The Morgan fingerprint density at radius 1 is 1.31 bits per heavy atom. The second-order valence-electron chi connectivity index (χ2n) is 7.62. The maximum atomic E-state index is 12.9. The van der Waals surface area contributed by atoms with Crippen molar-refractivity contribution >= 4 is 17.7 Å². The standard InChI is InChI=1S/C19H24FN5O4/c1-19(2,3)29-18(27)25-8-9-28-11-15(25)17-21-12-24(23-17)10-16(26)22-14-6-4-13(20)5-7-14/h4-7,12,15H,8-11H2,1-3H3,(H,22,26)/t15-/m1/s1. The average Bonchev–Trinajstić information content (AvgIpc) is 3.10. The molecule has 0 aliphatic carbocycles. The minimum atomic E-state index is -0.620. The van der Waals surface area contributed by atoms with Gasteiger partial charge in [0.15, 0.2) is 5.82 Å². The second-order valence-corrected chi connectivity index (χ2v) is 7.62. The lowest BCUT2D eigenvalue weighted by atomic mass is 10.2. The molecular weight excluding hydrogens is 381 g/mol. The summed E-state index contributed by atoms with van der Waals surface area (Å²) in [5.74, 6) is -0.352. The monoisotopic (exact) mass is 405 g/mol. The highest BCUT2D eigenvalue weighted by atomic mass is 19.1. The van der Waals surface area contributed by atoms with Crippen molar-refractivity contribution in [2.24, 2.45) is 0 Å². The van der Waals surface area contributed by atoms with Crippen LogP contribution in [-0.4, -0.2) is 57.0 Å². The van der Waals surface area contributed by atoms with Crippen LogP contribution in [0.25, 0.3) is 0 Å². The molecule has 1 aromatic carbocycles. The first-order valence-electron chi connectivity index (χ1n) is 9.23. The Kier molecular flexibility index (Phi) is 6.12. The molecule has 1 aromatic heterocycles. The van der Waals surface area contributed by atoms with Crippen molar-refractivity contribution in [3.05, 3.63) is 42.2 Å². The van der Waals surface area contributed by atoms with Gasteiger partial charge in [-0.05, 0) is 45.0 Å². The number of carbonyl (C=O) groups is 2. The molecule has 2 heterocycles. The summed E-state index contributed by atoms with van der Waals surface area (Å²) in [5, 5.41) is 6.97. The Balaban J connectivity index is 1.64. The van der Waals surface area contributed by atoms with Gasteiger partial charge in [0.2, 0.25) is 5.91 Å². The van der Waals surface area contributed by atoms with Crippen molar-refractivity contribution in [1.29, 1.82) is 0 Å². The van der Waals surface area contributed by atoms with Crippen LogP contribution >= 0.6 is 0 Å². The molecular formula is C19H24FN5O4. The maximum absolute atomic E-state index is 12.9. The fourth-order valence-corrected chi connectivity index (χ4v) is 2.78. The van der Waals surface area contributed by atoms with Crippen molar-refractivity contribution in [3.8, 4) is 0 Å². The quantitative estimate of drug-likeness (QED) is 0.839. The molecule has 1 aliphatic heterocycles. The lowest BCUT2D eigenvalue weighted by molar-refractivity contribution is -0.116. The van der Waals surface area contributed by atoms with E-state index in [0.717, 1.165) is 0 Å². The zero-order valence-electron chi connectivity index (χ0n) is 16.6. The van der Waals surface area contributed by atoms with Crippen LogP contribution in [-0.2, 0) is 20.8 Å². The van der Waals surface area contributed by atoms with E-state index < -0.39 is 17.7 Å². The highest BCUT2D eigenvalue weighted by molar-refractivity contribution is 5.90. The summed E-state index contributed by atoms with van der Waals surface area (Å²) in [5.41, 5.74) is -0.140. The molecule has 0 unspecified atom stereocenters. The van der Waals surface area contributed by atoms with Gasteiger partial charge in [-0.3, -0.25) is 9.69 Å². The van der Waals surface area contributed by atoms with E-state index in [-0.39, 0.29) is 24.9 Å². The van der Waals surface area contributed by atoms with Crippen LogP contribution < -0.4 is 5.32 Å². The molecule has 1 fully saturated rings. The van der Waals surface area contributed by atoms with Gasteiger partial charge in [-0.25, -0.2) is 18.9 Å². The largest absolute Gasteiger partial charge is 0.444 e. The number of hydrogen-bond acceptors (Lipinski definition) is 6. The molecule has 1 aliphatic rings. The first-order chi connectivity index (χ1) is 13.7. The van der Waals surface area contributed by atoms with Gasteiger partial charge in [-0.1, -0.05) is 0 Å². The number of rotatable bonds is 4. The first-order valence-corrected chi connectivity index (χ1v) is 9.23. The van der Waals surface area contributed by atoms with Gasteiger partial charge in [0.1, 0.15) is 30.3 Å². The average molecular weight is 405 g/mol. The topological polar surface area (TPSA) is 98.6 Å². The van der Waals surface area contributed by atoms with Crippen LogP contribution in [0.5, 0.6) is 0 Å². The van der Waals surface area contributed by atoms with Crippen LogP contribution in [0.4, 0.5) is 14.9 Å². The number of aromatic nitrogens is 3. The lowest BCUT2D eigenvalue weighted by Gasteiger charge is -2.35. The Bertz CT molecular complexity index is 862. The molecule has 1 N–H and O–H groups in total. The SMILES string of the molecule is CC(C)(C)OC(=O)N1CCOC[C@@H]1c1ncn(CC(=O)Nc2ccc(F)cc2)n1. The fraction of sp³-hybridized carbons (Fsp3) is 0.474. The summed E-state index contributed by atoms with van der Waals surface area (Å²) in [6.45, 7) is 6.32. The predicted molar refractivity (Wildman–Crippen MR) is 102 cm³/mol. The van der Waals surface area contributed by atoms with Crippen molar-refractivity contribution in [1.82, 2.24) is 19.7 Å². The van der Waals surface area contributed by atoms with E-state index in [1.54, 1.807) is 20.8 Å². The van der Waals surface area contributed by atoms with Crippen molar-refractivity contribution in [2.75, 3.05) is 25.1 Å². The number of hydrogen-bond donors (Lipinski definition) is 1. The van der Waals surface area contributed by atoms with E-state index in [0.29, 0.717) is 24.7 Å². The zero-order chi connectivity index (χ0) is 21.0. The van der Waals surface area contributed by atoms with E-state index in [1.807, 2.05) is 0 Å². The third kappa shape index (κ3) is 5.74. The third-order valence-corrected chi connectivity index (χ3v) is 4.04. The predicted octanol–water partition coefficient (Wildman–Crippen LogP) is 2.36. The number of nitrogens with zero attached hydrogens (tertiary/aromatic N) is 4. The smallest absolute Gasteiger partial charge is 0.411 e. The molecule has 10 heteroatoms. The first kappa shape index (κ1) is 20.7. The van der Waals surface area contributed by atoms with E-state index in [4.69, 9.17) is 9.47 Å². The summed E-state index contributed by atoms with van der Waals surface area (Å²) in [6, 6.07) is 4.96. The maximum Gasteiger partial charge on any atom is 0.411 e. The number of nitrogens with one attached hydrogen (secondary N) is 1. The van der Waals surface area contributed by atoms with Gasteiger partial charge in [0.25, 0.3) is 0 Å². The molecule has 0 radical (unpaired) electrons. The number of amides is 2. The fourth-order valence-electron chi connectivity index (χ4n) is 2.78. The van der Waals surface area contributed by atoms with Gasteiger partial charge in [0, 0.05) is 12.2 Å². The third-order valence-electron chi connectivity index (χ3n) is 4.04. The van der Waals surface area contributed by atoms with Gasteiger partial charge in [-0.15, -0.1) is 0 Å². The van der Waals surface area contributed by atoms with E-state index in [1.165, 1.54) is 40.2 Å². The Labute approximate surface area is 167 Å². The molecule has 0 saturated carbocycles. The molecule has 156 valence electrons. The van der Waals surface area contributed by atoms with Crippen LogP contribution in [0.2, 0.25) is 0 Å². The minimum absolute atomic E-state index is 0.0790. The summed E-state index contributed by atoms with van der Waals surface area (Å²) >= 11 is 0. The van der Waals surface area contributed by atoms with Gasteiger partial charge >= 0.3 is 6.09 Å². The van der Waals surface area contributed by atoms with E-state index in [9.17, 15) is 14.0 Å². The molecule has 2 amide bonds. The molecule has 9 nitrogen and oxygen atoms in total. The van der Waals surface area contributed by atoms with Crippen molar-refractivity contribution in [2.45, 2.75) is 39.0 Å². The summed E-state index contributed by atoms with van der Waals surface area (Å²) in [6.07, 6.45) is 0.956. The van der Waals surface area contributed by atoms with Gasteiger partial charge in [-0.2, -0.15) is 5.10 Å². The molecule has 1 atom stereocenters. The Morgan fingerprint density at radius 2 is 2.03 bits per heavy atom.